The van der Waals surface area contributed by atoms with Gasteiger partial charge in [0.15, 0.2) is 0 Å². The molecule has 0 saturated heterocycles. The Labute approximate surface area is 201 Å². The number of hydrogen-bond acceptors (Lipinski definition) is 5. The van der Waals surface area contributed by atoms with Crippen LogP contribution in [0.15, 0.2) is 77.7 Å². The SMILES string of the molecule is COc1ccc(C(C)C)cc1S(=O)(=O)NC(C)C(=O)Nc1ccc(OCc2ccccc2)cc1. The van der Waals surface area contributed by atoms with Crippen LogP contribution in [0.5, 0.6) is 11.5 Å². The molecular formula is C26H30N2O5S. The van der Waals surface area contributed by atoms with E-state index in [9.17, 15) is 13.2 Å². The third-order valence-electron chi connectivity index (χ3n) is 5.24. The quantitative estimate of drug-likeness (QED) is 0.437. The van der Waals surface area contributed by atoms with Gasteiger partial charge in [0.25, 0.3) is 0 Å². The Hall–Kier alpha value is -3.36. The predicted octanol–water partition coefficient (Wildman–Crippen LogP) is 4.70. The van der Waals surface area contributed by atoms with Crippen LogP contribution >= 0.6 is 0 Å². The molecule has 180 valence electrons. The lowest BCUT2D eigenvalue weighted by atomic mass is 10.0. The summed E-state index contributed by atoms with van der Waals surface area (Å²) in [7, 11) is -2.58. The minimum absolute atomic E-state index is 0.000711. The third kappa shape index (κ3) is 6.59. The zero-order valence-electron chi connectivity index (χ0n) is 19.7. The van der Waals surface area contributed by atoms with E-state index in [-0.39, 0.29) is 16.6 Å². The van der Waals surface area contributed by atoms with E-state index in [2.05, 4.69) is 10.0 Å². The molecule has 0 spiro atoms. The fourth-order valence-electron chi connectivity index (χ4n) is 3.24. The van der Waals surface area contributed by atoms with Crippen molar-refractivity contribution < 1.29 is 22.7 Å². The Balaban J connectivity index is 1.63. The van der Waals surface area contributed by atoms with E-state index < -0.39 is 22.0 Å². The molecule has 1 unspecified atom stereocenters. The summed E-state index contributed by atoms with van der Waals surface area (Å²) in [4.78, 5) is 12.6. The van der Waals surface area contributed by atoms with Crippen LogP contribution in [-0.4, -0.2) is 27.5 Å². The Bertz CT molecular complexity index is 1210. The number of hydrogen-bond donors (Lipinski definition) is 2. The van der Waals surface area contributed by atoms with Gasteiger partial charge in [-0.15, -0.1) is 0 Å². The molecule has 0 heterocycles. The van der Waals surface area contributed by atoms with Crippen molar-refractivity contribution in [1.82, 2.24) is 4.72 Å². The fourth-order valence-corrected chi connectivity index (χ4v) is 4.64. The number of sulfonamides is 1. The van der Waals surface area contributed by atoms with E-state index in [0.29, 0.717) is 18.0 Å². The van der Waals surface area contributed by atoms with Crippen LogP contribution in [0, 0.1) is 0 Å². The molecule has 0 aliphatic rings. The molecule has 1 amide bonds. The van der Waals surface area contributed by atoms with E-state index in [1.807, 2.05) is 50.2 Å². The van der Waals surface area contributed by atoms with Crippen molar-refractivity contribution >= 4 is 21.6 Å². The Kier molecular flexibility index (Phi) is 8.31. The molecule has 3 aromatic rings. The van der Waals surface area contributed by atoms with Crippen LogP contribution < -0.4 is 19.5 Å². The summed E-state index contributed by atoms with van der Waals surface area (Å²) in [6.07, 6.45) is 0. The second kappa shape index (κ2) is 11.2. The van der Waals surface area contributed by atoms with Gasteiger partial charge in [0.2, 0.25) is 15.9 Å². The first-order valence-electron chi connectivity index (χ1n) is 11.0. The highest BCUT2D eigenvalue weighted by Crippen LogP contribution is 2.28. The molecule has 1 atom stereocenters. The number of carbonyl (C=O) groups is 1. The number of ether oxygens (including phenoxy) is 2. The maximum Gasteiger partial charge on any atom is 0.244 e. The maximum absolute atomic E-state index is 13.0. The molecule has 0 radical (unpaired) electrons. The summed E-state index contributed by atoms with van der Waals surface area (Å²) < 4.78 is 39.4. The first-order valence-corrected chi connectivity index (χ1v) is 12.5. The van der Waals surface area contributed by atoms with Gasteiger partial charge in [0.05, 0.1) is 13.2 Å². The molecule has 0 bridgehead atoms. The maximum atomic E-state index is 13.0. The summed E-state index contributed by atoms with van der Waals surface area (Å²) >= 11 is 0. The lowest BCUT2D eigenvalue weighted by Crippen LogP contribution is -2.41. The van der Waals surface area contributed by atoms with Gasteiger partial charge in [-0.05, 0) is 60.4 Å². The standard InChI is InChI=1S/C26H30N2O5S/c1-18(2)21-10-15-24(32-4)25(16-21)34(30,31)28-19(3)26(29)27-22-11-13-23(14-12-22)33-17-20-8-6-5-7-9-20/h5-16,18-19,28H,17H2,1-4H3,(H,27,29). The van der Waals surface area contributed by atoms with Crippen LogP contribution in [0.3, 0.4) is 0 Å². The largest absolute Gasteiger partial charge is 0.495 e. The molecule has 0 aromatic heterocycles. The Morgan fingerprint density at radius 1 is 0.941 bits per heavy atom. The summed E-state index contributed by atoms with van der Waals surface area (Å²) in [5, 5.41) is 2.72. The topological polar surface area (TPSA) is 93.7 Å². The summed E-state index contributed by atoms with van der Waals surface area (Å²) in [5.41, 5.74) is 2.44. The highest BCUT2D eigenvalue weighted by Gasteiger charge is 2.26. The summed E-state index contributed by atoms with van der Waals surface area (Å²) in [6, 6.07) is 20.7. The molecule has 3 aromatic carbocycles. The second-order valence-corrected chi connectivity index (χ2v) is 9.88. The van der Waals surface area contributed by atoms with Gasteiger partial charge < -0.3 is 14.8 Å². The van der Waals surface area contributed by atoms with Gasteiger partial charge in [-0.2, -0.15) is 4.72 Å². The Morgan fingerprint density at radius 3 is 2.24 bits per heavy atom. The van der Waals surface area contributed by atoms with Crippen molar-refractivity contribution in [2.45, 2.75) is 44.2 Å². The summed E-state index contributed by atoms with van der Waals surface area (Å²) in [5.74, 6) is 0.532. The van der Waals surface area contributed by atoms with E-state index >= 15 is 0 Å². The molecule has 7 nitrogen and oxygen atoms in total. The number of rotatable bonds is 10. The molecule has 2 N–H and O–H groups in total. The van der Waals surface area contributed by atoms with Gasteiger partial charge in [0, 0.05) is 5.69 Å². The molecule has 0 aliphatic heterocycles. The summed E-state index contributed by atoms with van der Waals surface area (Å²) in [6.45, 7) is 5.87. The monoisotopic (exact) mass is 482 g/mol. The van der Waals surface area contributed by atoms with E-state index in [1.54, 1.807) is 36.4 Å². The van der Waals surface area contributed by atoms with Crippen LogP contribution in [0.2, 0.25) is 0 Å². The van der Waals surface area contributed by atoms with Crippen LogP contribution in [0.1, 0.15) is 37.8 Å². The minimum atomic E-state index is -3.99. The minimum Gasteiger partial charge on any atom is -0.495 e. The van der Waals surface area contributed by atoms with Gasteiger partial charge in [-0.1, -0.05) is 50.2 Å². The molecule has 3 rings (SSSR count). The van der Waals surface area contributed by atoms with E-state index in [4.69, 9.17) is 9.47 Å². The van der Waals surface area contributed by atoms with Crippen molar-refractivity contribution in [3.8, 4) is 11.5 Å². The molecule has 34 heavy (non-hydrogen) atoms. The number of amides is 1. The van der Waals surface area contributed by atoms with Crippen molar-refractivity contribution in [1.29, 1.82) is 0 Å². The van der Waals surface area contributed by atoms with Crippen LogP contribution in [0.25, 0.3) is 0 Å². The van der Waals surface area contributed by atoms with E-state index in [1.165, 1.54) is 14.0 Å². The highest BCUT2D eigenvalue weighted by atomic mass is 32.2. The average Bonchev–Trinajstić information content (AvgIpc) is 2.83. The van der Waals surface area contributed by atoms with Crippen LogP contribution in [0.4, 0.5) is 5.69 Å². The highest BCUT2D eigenvalue weighted by molar-refractivity contribution is 7.89. The third-order valence-corrected chi connectivity index (χ3v) is 6.80. The Morgan fingerprint density at radius 2 is 1.62 bits per heavy atom. The van der Waals surface area contributed by atoms with Crippen molar-refractivity contribution in [3.05, 3.63) is 83.9 Å². The van der Waals surface area contributed by atoms with Gasteiger partial charge in [0.1, 0.15) is 23.0 Å². The first kappa shape index (κ1) is 25.3. The van der Waals surface area contributed by atoms with Crippen molar-refractivity contribution in [2.75, 3.05) is 12.4 Å². The smallest absolute Gasteiger partial charge is 0.244 e. The van der Waals surface area contributed by atoms with Gasteiger partial charge >= 0.3 is 0 Å². The zero-order valence-corrected chi connectivity index (χ0v) is 20.6. The number of methoxy groups -OCH3 is 1. The van der Waals surface area contributed by atoms with Gasteiger partial charge in [-0.3, -0.25) is 4.79 Å². The number of anilines is 1. The van der Waals surface area contributed by atoms with Crippen LogP contribution in [-0.2, 0) is 21.4 Å². The average molecular weight is 483 g/mol. The van der Waals surface area contributed by atoms with E-state index in [0.717, 1.165) is 11.1 Å². The zero-order chi connectivity index (χ0) is 24.7. The van der Waals surface area contributed by atoms with Crippen molar-refractivity contribution in [3.63, 3.8) is 0 Å². The lowest BCUT2D eigenvalue weighted by Gasteiger charge is -2.17. The fraction of sp³-hybridized carbons (Fsp3) is 0.269. The molecule has 8 heteroatoms. The van der Waals surface area contributed by atoms with Crippen molar-refractivity contribution in [2.24, 2.45) is 0 Å². The molecule has 0 fully saturated rings. The molecular weight excluding hydrogens is 452 g/mol. The number of carbonyl (C=O) groups excluding carboxylic acids is 1. The number of benzene rings is 3. The molecule has 0 aliphatic carbocycles. The normalized spacial score (nSPS) is 12.3. The molecule has 0 saturated carbocycles. The first-order chi connectivity index (χ1) is 16.2. The van der Waals surface area contributed by atoms with Gasteiger partial charge in [-0.25, -0.2) is 8.42 Å². The second-order valence-electron chi connectivity index (χ2n) is 8.20. The lowest BCUT2D eigenvalue weighted by molar-refractivity contribution is -0.117. The predicted molar refractivity (Wildman–Crippen MR) is 133 cm³/mol. The number of nitrogens with one attached hydrogen (secondary N) is 2.